The van der Waals surface area contributed by atoms with Crippen LogP contribution in [-0.4, -0.2) is 36.2 Å². The molecule has 1 N–H and O–H groups in total. The molecule has 0 spiro atoms. The van der Waals surface area contributed by atoms with Gasteiger partial charge in [0.05, 0.1) is 0 Å². The second kappa shape index (κ2) is 9.36. The average molecular weight is 456 g/mol. The minimum atomic E-state index is -1.52. The quantitative estimate of drug-likeness (QED) is 0.504. The first kappa shape index (κ1) is 22.8. The number of carboxylic acids is 1. The van der Waals surface area contributed by atoms with Gasteiger partial charge in [0.25, 0.3) is 0 Å². The highest BCUT2D eigenvalue weighted by molar-refractivity contribution is 5.85. The highest BCUT2D eigenvalue weighted by atomic mass is 16.5. The Kier molecular flexibility index (Phi) is 6.28. The Morgan fingerprint density at radius 1 is 0.941 bits per heavy atom. The molecule has 4 heteroatoms. The minimum absolute atomic E-state index is 0.464. The highest BCUT2D eigenvalue weighted by Crippen LogP contribution is 2.50. The molecule has 4 nitrogen and oxygen atoms in total. The van der Waals surface area contributed by atoms with Gasteiger partial charge < -0.3 is 9.84 Å². The molecule has 0 amide bonds. The van der Waals surface area contributed by atoms with E-state index in [1.165, 1.54) is 31.1 Å². The molecule has 3 atom stereocenters. The molecule has 2 fully saturated rings. The summed E-state index contributed by atoms with van der Waals surface area (Å²) in [5, 5.41) is 10.4. The third-order valence-corrected chi connectivity index (χ3v) is 8.06. The van der Waals surface area contributed by atoms with Crippen LogP contribution < -0.4 is 0 Å². The van der Waals surface area contributed by atoms with Crippen LogP contribution in [0.5, 0.6) is 0 Å². The number of benzene rings is 3. The monoisotopic (exact) mass is 455 g/mol. The standard InChI is InChI=1S/C30H33NO3/c1-21-26(14-9-15-27(21)30(34-2,29(32)33)25-12-7-4-8-13-25)28-23-16-17-24(28)20-31(19-23)18-22-10-5-3-6-11-22/h3-15,23-24,28H,16-20H2,1-2H3,(H,32,33). The molecule has 0 aromatic heterocycles. The maximum absolute atomic E-state index is 12.7. The van der Waals surface area contributed by atoms with Crippen molar-refractivity contribution in [3.05, 3.63) is 107 Å². The van der Waals surface area contributed by atoms with E-state index in [2.05, 4.69) is 48.2 Å². The van der Waals surface area contributed by atoms with Crippen molar-refractivity contribution in [2.24, 2.45) is 11.8 Å². The number of carbonyl (C=O) groups is 1. The van der Waals surface area contributed by atoms with Crippen LogP contribution in [0.3, 0.4) is 0 Å². The molecule has 34 heavy (non-hydrogen) atoms. The van der Waals surface area contributed by atoms with Crippen molar-refractivity contribution in [2.45, 2.75) is 37.8 Å². The molecule has 5 rings (SSSR count). The van der Waals surface area contributed by atoms with Crippen LogP contribution >= 0.6 is 0 Å². The summed E-state index contributed by atoms with van der Waals surface area (Å²) in [7, 11) is 1.50. The lowest BCUT2D eigenvalue weighted by Gasteiger charge is -2.40. The van der Waals surface area contributed by atoms with Crippen LogP contribution in [0.25, 0.3) is 0 Å². The van der Waals surface area contributed by atoms with E-state index in [4.69, 9.17) is 4.74 Å². The normalized spacial score (nSPS) is 24.0. The second-order valence-electron chi connectivity index (χ2n) is 9.88. The summed E-state index contributed by atoms with van der Waals surface area (Å²) in [6.45, 7) is 5.26. The summed E-state index contributed by atoms with van der Waals surface area (Å²) in [5.41, 5.74) is 3.57. The first-order chi connectivity index (χ1) is 16.5. The second-order valence-corrected chi connectivity index (χ2v) is 9.88. The molecule has 176 valence electrons. The lowest BCUT2D eigenvalue weighted by atomic mass is 9.74. The zero-order chi connectivity index (χ0) is 23.7. The van der Waals surface area contributed by atoms with Gasteiger partial charge in [-0.15, -0.1) is 0 Å². The summed E-state index contributed by atoms with van der Waals surface area (Å²) in [5.74, 6) is 0.665. The molecule has 1 aliphatic carbocycles. The highest BCUT2D eigenvalue weighted by Gasteiger charge is 2.47. The third kappa shape index (κ3) is 3.85. The van der Waals surface area contributed by atoms with Crippen LogP contribution in [0, 0.1) is 18.8 Å². The number of nitrogens with zero attached hydrogens (tertiary/aromatic N) is 1. The lowest BCUT2D eigenvalue weighted by molar-refractivity contribution is -0.158. The Balaban J connectivity index is 1.48. The molecular weight excluding hydrogens is 422 g/mol. The fraction of sp³-hybridized carbons (Fsp3) is 0.367. The van der Waals surface area contributed by atoms with Crippen molar-refractivity contribution in [2.75, 3.05) is 20.2 Å². The van der Waals surface area contributed by atoms with Gasteiger partial charge in [-0.2, -0.15) is 0 Å². The Morgan fingerprint density at radius 3 is 2.15 bits per heavy atom. The van der Waals surface area contributed by atoms with Gasteiger partial charge in [-0.25, -0.2) is 4.79 Å². The molecule has 1 aliphatic heterocycles. The van der Waals surface area contributed by atoms with E-state index in [1.807, 2.05) is 42.5 Å². The first-order valence-electron chi connectivity index (χ1n) is 12.2. The number of likely N-dealkylation sites (tertiary alicyclic amines) is 1. The van der Waals surface area contributed by atoms with Gasteiger partial charge in [0.2, 0.25) is 5.60 Å². The Bertz CT molecular complexity index is 1130. The van der Waals surface area contributed by atoms with Gasteiger partial charge in [-0.05, 0) is 59.8 Å². The SMILES string of the molecule is COC(C(=O)O)(c1ccccc1)c1cccc(C2C3CCC2CN(Cc2ccccc2)C3)c1C. The first-order valence-corrected chi connectivity index (χ1v) is 12.2. The van der Waals surface area contributed by atoms with Crippen LogP contribution in [0.2, 0.25) is 0 Å². The Morgan fingerprint density at radius 2 is 1.56 bits per heavy atom. The molecule has 3 unspecified atom stereocenters. The molecule has 1 saturated heterocycles. The van der Waals surface area contributed by atoms with E-state index < -0.39 is 11.6 Å². The molecule has 0 radical (unpaired) electrons. The summed E-state index contributed by atoms with van der Waals surface area (Å²) >= 11 is 0. The number of aliphatic carboxylic acids is 1. The minimum Gasteiger partial charge on any atom is -0.479 e. The Hall–Kier alpha value is -2.95. The average Bonchev–Trinajstić information content (AvgIpc) is 3.11. The fourth-order valence-corrected chi connectivity index (χ4v) is 6.58. The lowest BCUT2D eigenvalue weighted by Crippen LogP contribution is -2.42. The largest absolute Gasteiger partial charge is 0.479 e. The van der Waals surface area contributed by atoms with Crippen molar-refractivity contribution in [3.8, 4) is 0 Å². The van der Waals surface area contributed by atoms with Crippen molar-refractivity contribution >= 4 is 5.97 Å². The fourth-order valence-electron chi connectivity index (χ4n) is 6.58. The van der Waals surface area contributed by atoms with Crippen LogP contribution in [0.4, 0.5) is 0 Å². The zero-order valence-electron chi connectivity index (χ0n) is 20.0. The van der Waals surface area contributed by atoms with Gasteiger partial charge in [-0.3, -0.25) is 4.90 Å². The van der Waals surface area contributed by atoms with E-state index in [0.717, 1.165) is 30.8 Å². The van der Waals surface area contributed by atoms with Crippen LogP contribution in [0.15, 0.2) is 78.9 Å². The predicted octanol–water partition coefficient (Wildman–Crippen LogP) is 5.60. The topological polar surface area (TPSA) is 49.8 Å². The van der Waals surface area contributed by atoms with Crippen molar-refractivity contribution in [3.63, 3.8) is 0 Å². The van der Waals surface area contributed by atoms with Crippen LogP contribution in [0.1, 0.15) is 46.6 Å². The van der Waals surface area contributed by atoms with Gasteiger partial charge in [-0.1, -0.05) is 78.9 Å². The Labute approximate surface area is 202 Å². The smallest absolute Gasteiger partial charge is 0.345 e. The summed E-state index contributed by atoms with van der Waals surface area (Å²) in [6.07, 6.45) is 2.47. The van der Waals surface area contributed by atoms with E-state index in [9.17, 15) is 9.90 Å². The number of rotatable bonds is 7. The molecule has 3 aromatic rings. The van der Waals surface area contributed by atoms with Crippen LogP contribution in [-0.2, 0) is 21.7 Å². The van der Waals surface area contributed by atoms with E-state index in [-0.39, 0.29) is 0 Å². The number of hydrogen-bond donors (Lipinski definition) is 1. The number of carboxylic acid groups (broad SMARTS) is 1. The molecule has 2 aliphatic rings. The van der Waals surface area contributed by atoms with E-state index in [1.54, 1.807) is 0 Å². The number of methoxy groups -OCH3 is 1. The zero-order valence-corrected chi connectivity index (χ0v) is 20.0. The molecule has 1 saturated carbocycles. The summed E-state index contributed by atoms with van der Waals surface area (Å²) < 4.78 is 5.84. The summed E-state index contributed by atoms with van der Waals surface area (Å²) in [6, 6.07) is 26.2. The van der Waals surface area contributed by atoms with E-state index >= 15 is 0 Å². The maximum atomic E-state index is 12.7. The number of ether oxygens (including phenoxy) is 1. The predicted molar refractivity (Wildman–Crippen MR) is 134 cm³/mol. The van der Waals surface area contributed by atoms with Crippen molar-refractivity contribution in [1.29, 1.82) is 0 Å². The number of fused-ring (bicyclic) bond motifs is 2. The number of hydrogen-bond acceptors (Lipinski definition) is 3. The summed E-state index contributed by atoms with van der Waals surface area (Å²) in [4.78, 5) is 15.3. The van der Waals surface area contributed by atoms with Gasteiger partial charge in [0, 0.05) is 32.3 Å². The third-order valence-electron chi connectivity index (χ3n) is 8.06. The van der Waals surface area contributed by atoms with Gasteiger partial charge in [0.1, 0.15) is 0 Å². The maximum Gasteiger partial charge on any atom is 0.345 e. The number of piperidine rings is 1. The van der Waals surface area contributed by atoms with Crippen molar-refractivity contribution in [1.82, 2.24) is 4.90 Å². The van der Waals surface area contributed by atoms with Gasteiger partial charge >= 0.3 is 5.97 Å². The molecule has 2 bridgehead atoms. The van der Waals surface area contributed by atoms with Crippen molar-refractivity contribution < 1.29 is 14.6 Å². The molecule has 1 heterocycles. The van der Waals surface area contributed by atoms with Gasteiger partial charge in [0.15, 0.2) is 0 Å². The van der Waals surface area contributed by atoms with E-state index in [0.29, 0.717) is 23.3 Å². The molecular formula is C30H33NO3. The molecule has 3 aromatic carbocycles.